The number of benzene rings is 2. The molecule has 3 aromatic rings. The van der Waals surface area contributed by atoms with E-state index in [0.29, 0.717) is 35.6 Å². The van der Waals surface area contributed by atoms with Gasteiger partial charge in [-0.3, -0.25) is 9.69 Å². The molecule has 0 spiro atoms. The van der Waals surface area contributed by atoms with E-state index in [-0.39, 0.29) is 19.0 Å². The molecule has 4 rings (SSSR count). The van der Waals surface area contributed by atoms with Crippen molar-refractivity contribution in [1.82, 2.24) is 15.8 Å². The van der Waals surface area contributed by atoms with Crippen molar-refractivity contribution < 1.29 is 28.1 Å². The van der Waals surface area contributed by atoms with Crippen LogP contribution in [0.2, 0.25) is 0 Å². The van der Waals surface area contributed by atoms with Gasteiger partial charge in [-0.25, -0.2) is 9.18 Å². The Bertz CT molecular complexity index is 1230. The van der Waals surface area contributed by atoms with Crippen LogP contribution in [0.15, 0.2) is 64.6 Å². The van der Waals surface area contributed by atoms with E-state index in [1.54, 1.807) is 36.7 Å². The Kier molecular flexibility index (Phi) is 7.91. The number of carbonyl (C=O) groups is 2. The number of amides is 2. The topological polar surface area (TPSA) is 118 Å². The highest BCUT2D eigenvalue weighted by molar-refractivity contribution is 6.02. The molecule has 0 unspecified atom stereocenters. The van der Waals surface area contributed by atoms with Crippen molar-refractivity contribution in [2.24, 2.45) is 5.16 Å². The molecule has 0 aliphatic carbocycles. The predicted octanol–water partition coefficient (Wildman–Crippen LogP) is 3.08. The zero-order chi connectivity index (χ0) is 25.5. The van der Waals surface area contributed by atoms with Gasteiger partial charge in [0, 0.05) is 36.7 Å². The van der Waals surface area contributed by atoms with Gasteiger partial charge < -0.3 is 24.7 Å². The third-order valence-corrected chi connectivity index (χ3v) is 5.55. The SMILES string of the molecule is CO/N=C(\CNCc1cnoc1)c1ccc(-c2ccc(N3C[C@H](CNC(C)=O)OC3=O)cc2F)cc1. The predicted molar refractivity (Wildman–Crippen MR) is 130 cm³/mol. The first-order chi connectivity index (χ1) is 17.4. The van der Waals surface area contributed by atoms with E-state index in [0.717, 1.165) is 11.1 Å². The minimum Gasteiger partial charge on any atom is -0.442 e. The normalized spacial score (nSPS) is 15.6. The summed E-state index contributed by atoms with van der Waals surface area (Å²) in [5.41, 5.74) is 3.86. The standard InChI is InChI=1S/C25H26FN5O5/c1-16(32)28-12-21-14-31(25(33)36-21)20-7-8-22(23(26)9-20)18-3-5-19(6-4-18)24(30-34-2)13-27-10-17-11-29-35-15-17/h3-9,11,15,21,27H,10,12-14H2,1-2H3,(H,28,32)/b30-24+/t21-/m0/s1. The van der Waals surface area contributed by atoms with Crippen molar-refractivity contribution >= 4 is 23.4 Å². The molecule has 2 aromatic carbocycles. The third-order valence-electron chi connectivity index (χ3n) is 5.55. The summed E-state index contributed by atoms with van der Waals surface area (Å²) in [5.74, 6) is -0.686. The lowest BCUT2D eigenvalue weighted by atomic mass is 10.0. The van der Waals surface area contributed by atoms with Gasteiger partial charge in [-0.2, -0.15) is 0 Å². The summed E-state index contributed by atoms with van der Waals surface area (Å²) in [6.45, 7) is 2.81. The molecule has 1 aliphatic heterocycles. The monoisotopic (exact) mass is 495 g/mol. The maximum absolute atomic E-state index is 15.0. The van der Waals surface area contributed by atoms with Crippen LogP contribution in [0.4, 0.5) is 14.9 Å². The van der Waals surface area contributed by atoms with Crippen LogP contribution < -0.4 is 15.5 Å². The summed E-state index contributed by atoms with van der Waals surface area (Å²) in [6, 6.07) is 11.9. The number of nitrogens with zero attached hydrogens (tertiary/aromatic N) is 3. The Morgan fingerprint density at radius 2 is 2.08 bits per heavy atom. The lowest BCUT2D eigenvalue weighted by molar-refractivity contribution is -0.119. The van der Waals surface area contributed by atoms with E-state index in [1.165, 1.54) is 25.0 Å². The number of anilines is 1. The van der Waals surface area contributed by atoms with Crippen molar-refractivity contribution in [2.45, 2.75) is 19.6 Å². The second-order valence-corrected chi connectivity index (χ2v) is 8.15. The van der Waals surface area contributed by atoms with Gasteiger partial charge in [-0.1, -0.05) is 34.6 Å². The van der Waals surface area contributed by atoms with E-state index in [2.05, 4.69) is 20.9 Å². The van der Waals surface area contributed by atoms with E-state index in [4.69, 9.17) is 14.1 Å². The number of aromatic nitrogens is 1. The highest BCUT2D eigenvalue weighted by atomic mass is 19.1. The lowest BCUT2D eigenvalue weighted by Crippen LogP contribution is -2.33. The summed E-state index contributed by atoms with van der Waals surface area (Å²) in [5, 5.41) is 13.6. The maximum Gasteiger partial charge on any atom is 0.414 e. The Morgan fingerprint density at radius 3 is 2.75 bits per heavy atom. The molecule has 0 saturated carbocycles. The Hall–Kier alpha value is -4.25. The van der Waals surface area contributed by atoms with Crippen LogP contribution in [0.25, 0.3) is 11.1 Å². The molecule has 0 bridgehead atoms. The maximum atomic E-state index is 15.0. The van der Waals surface area contributed by atoms with Crippen LogP contribution in [0, 0.1) is 5.82 Å². The average Bonchev–Trinajstić information content (AvgIpc) is 3.52. The Balaban J connectivity index is 1.43. The van der Waals surface area contributed by atoms with Gasteiger partial charge in [0.15, 0.2) is 0 Å². The number of ether oxygens (including phenoxy) is 1. The van der Waals surface area contributed by atoms with Crippen molar-refractivity contribution in [3.63, 3.8) is 0 Å². The molecular formula is C25H26FN5O5. The summed E-state index contributed by atoms with van der Waals surface area (Å²) in [6.07, 6.45) is 2.12. The molecule has 2 heterocycles. The summed E-state index contributed by atoms with van der Waals surface area (Å²) < 4.78 is 25.1. The van der Waals surface area contributed by atoms with Crippen LogP contribution in [0.3, 0.4) is 0 Å². The van der Waals surface area contributed by atoms with E-state index in [1.807, 2.05) is 12.1 Å². The fraction of sp³-hybridized carbons (Fsp3) is 0.280. The van der Waals surface area contributed by atoms with Crippen molar-refractivity contribution in [1.29, 1.82) is 0 Å². The van der Waals surface area contributed by atoms with Gasteiger partial charge >= 0.3 is 6.09 Å². The number of halogens is 1. The van der Waals surface area contributed by atoms with Gasteiger partial charge in [-0.15, -0.1) is 0 Å². The van der Waals surface area contributed by atoms with Gasteiger partial charge in [0.05, 0.1) is 25.0 Å². The van der Waals surface area contributed by atoms with Crippen LogP contribution >= 0.6 is 0 Å². The van der Waals surface area contributed by atoms with Gasteiger partial charge in [0.1, 0.15) is 31.0 Å². The molecule has 1 aromatic heterocycles. The number of oxime groups is 1. The zero-order valence-corrected chi connectivity index (χ0v) is 19.9. The summed E-state index contributed by atoms with van der Waals surface area (Å²) >= 11 is 0. The molecule has 1 fully saturated rings. The molecule has 1 aliphatic rings. The molecule has 0 radical (unpaired) electrons. The second kappa shape index (κ2) is 11.5. The van der Waals surface area contributed by atoms with Crippen LogP contribution in [-0.4, -0.2) is 55.7 Å². The first kappa shape index (κ1) is 24.9. The Labute approximate surface area is 207 Å². The molecule has 10 nitrogen and oxygen atoms in total. The summed E-state index contributed by atoms with van der Waals surface area (Å²) in [7, 11) is 1.48. The third kappa shape index (κ3) is 6.05. The average molecular weight is 496 g/mol. The number of nitrogens with one attached hydrogen (secondary N) is 2. The van der Waals surface area contributed by atoms with Crippen LogP contribution in [0.1, 0.15) is 18.1 Å². The zero-order valence-electron chi connectivity index (χ0n) is 19.9. The lowest BCUT2D eigenvalue weighted by Gasteiger charge is -2.15. The van der Waals surface area contributed by atoms with Gasteiger partial charge in [-0.05, 0) is 23.8 Å². The number of rotatable bonds is 10. The van der Waals surface area contributed by atoms with Gasteiger partial charge in [0.25, 0.3) is 0 Å². The van der Waals surface area contributed by atoms with Crippen molar-refractivity contribution in [2.75, 3.05) is 31.6 Å². The van der Waals surface area contributed by atoms with Crippen LogP contribution in [-0.2, 0) is 20.9 Å². The minimum absolute atomic E-state index is 0.203. The molecule has 11 heteroatoms. The fourth-order valence-electron chi connectivity index (χ4n) is 3.78. The van der Waals surface area contributed by atoms with E-state index in [9.17, 15) is 9.59 Å². The molecule has 2 amide bonds. The Morgan fingerprint density at radius 1 is 1.28 bits per heavy atom. The number of carbonyl (C=O) groups excluding carboxylic acids is 2. The second-order valence-electron chi connectivity index (χ2n) is 8.15. The smallest absolute Gasteiger partial charge is 0.414 e. The van der Waals surface area contributed by atoms with Crippen molar-refractivity contribution in [3.8, 4) is 11.1 Å². The molecular weight excluding hydrogens is 469 g/mol. The fourth-order valence-corrected chi connectivity index (χ4v) is 3.78. The largest absolute Gasteiger partial charge is 0.442 e. The van der Waals surface area contributed by atoms with Gasteiger partial charge in [0.2, 0.25) is 5.91 Å². The quantitative estimate of drug-likeness (QED) is 0.328. The minimum atomic E-state index is -0.579. The molecule has 1 atom stereocenters. The summed E-state index contributed by atoms with van der Waals surface area (Å²) in [4.78, 5) is 29.7. The van der Waals surface area contributed by atoms with Crippen LogP contribution in [0.5, 0.6) is 0 Å². The highest BCUT2D eigenvalue weighted by Gasteiger charge is 2.32. The van der Waals surface area contributed by atoms with Crippen molar-refractivity contribution in [3.05, 3.63) is 71.9 Å². The molecule has 2 N–H and O–H groups in total. The van der Waals surface area contributed by atoms with E-state index >= 15 is 4.39 Å². The first-order valence-electron chi connectivity index (χ1n) is 11.3. The molecule has 188 valence electrons. The number of hydrogen-bond acceptors (Lipinski definition) is 8. The highest BCUT2D eigenvalue weighted by Crippen LogP contribution is 2.29. The molecule has 1 saturated heterocycles. The number of cyclic esters (lactones) is 1. The number of hydrogen-bond donors (Lipinski definition) is 2. The molecule has 36 heavy (non-hydrogen) atoms. The first-order valence-corrected chi connectivity index (χ1v) is 11.3. The van der Waals surface area contributed by atoms with E-state index < -0.39 is 18.0 Å².